The molecule has 0 aromatic heterocycles. The van der Waals surface area contributed by atoms with Crippen LogP contribution in [0.25, 0.3) is 0 Å². The Morgan fingerprint density at radius 2 is 2.10 bits per heavy atom. The molecule has 4 rings (SSSR count). The molecule has 2 fully saturated rings. The lowest BCUT2D eigenvalue weighted by Gasteiger charge is -2.40. The number of hydrogen-bond acceptors (Lipinski definition) is 3. The van der Waals surface area contributed by atoms with E-state index in [9.17, 15) is 4.79 Å². The highest BCUT2D eigenvalue weighted by Gasteiger charge is 2.42. The third-order valence-electron chi connectivity index (χ3n) is 5.35. The maximum atomic E-state index is 12.4. The molecule has 0 unspecified atom stereocenters. The maximum absolute atomic E-state index is 12.4. The number of hydrogen-bond donors (Lipinski definition) is 1. The summed E-state index contributed by atoms with van der Waals surface area (Å²) >= 11 is 0. The van der Waals surface area contributed by atoms with Crippen molar-refractivity contribution in [2.45, 2.75) is 37.2 Å². The van der Waals surface area contributed by atoms with E-state index in [2.05, 4.69) is 29.6 Å². The van der Waals surface area contributed by atoms with Crippen molar-refractivity contribution in [2.24, 2.45) is 0 Å². The van der Waals surface area contributed by atoms with E-state index in [1.54, 1.807) is 0 Å². The Kier molecular flexibility index (Phi) is 3.14. The number of rotatable bonds is 1. The van der Waals surface area contributed by atoms with Gasteiger partial charge >= 0.3 is 0 Å². The van der Waals surface area contributed by atoms with Crippen LogP contribution in [0.4, 0.5) is 5.69 Å². The van der Waals surface area contributed by atoms with E-state index in [0.29, 0.717) is 0 Å². The summed E-state index contributed by atoms with van der Waals surface area (Å²) < 4.78 is 5.54. The number of carbonyl (C=O) groups is 1. The highest BCUT2D eigenvalue weighted by Crippen LogP contribution is 2.43. The van der Waals surface area contributed by atoms with E-state index < -0.39 is 0 Å². The Morgan fingerprint density at radius 1 is 1.29 bits per heavy atom. The molecule has 1 aromatic carbocycles. The summed E-state index contributed by atoms with van der Waals surface area (Å²) in [7, 11) is 0. The molecule has 2 saturated heterocycles. The number of fused-ring (bicyclic) bond motifs is 2. The fraction of sp³-hybridized carbons (Fsp3) is 0.588. The Hall–Kier alpha value is -1.55. The van der Waals surface area contributed by atoms with Crippen LogP contribution in [0.1, 0.15) is 31.2 Å². The summed E-state index contributed by atoms with van der Waals surface area (Å²) in [5.41, 5.74) is 2.94. The van der Waals surface area contributed by atoms with Crippen LogP contribution in [0.5, 0.6) is 0 Å². The van der Waals surface area contributed by atoms with Crippen molar-refractivity contribution in [2.75, 3.05) is 31.6 Å². The minimum Gasteiger partial charge on any atom is -0.384 e. The molecule has 3 aliphatic rings. The molecule has 1 aromatic rings. The van der Waals surface area contributed by atoms with E-state index in [1.807, 2.05) is 4.90 Å². The Balaban J connectivity index is 1.46. The predicted octanol–water partition coefficient (Wildman–Crippen LogP) is 2.15. The third-order valence-corrected chi connectivity index (χ3v) is 5.35. The van der Waals surface area contributed by atoms with Gasteiger partial charge in [0.1, 0.15) is 6.10 Å². The number of likely N-dealkylation sites (tertiary alicyclic amines) is 1. The number of nitrogens with one attached hydrogen (secondary N) is 1. The first-order valence-electron chi connectivity index (χ1n) is 8.02. The zero-order valence-corrected chi connectivity index (χ0v) is 12.3. The van der Waals surface area contributed by atoms with Gasteiger partial charge in [0, 0.05) is 37.3 Å². The first-order valence-corrected chi connectivity index (χ1v) is 8.02. The van der Waals surface area contributed by atoms with Gasteiger partial charge in [-0.1, -0.05) is 18.2 Å². The van der Waals surface area contributed by atoms with Gasteiger partial charge in [0.25, 0.3) is 5.91 Å². The lowest BCUT2D eigenvalue weighted by Crippen LogP contribution is -2.49. The van der Waals surface area contributed by atoms with E-state index in [-0.39, 0.29) is 17.4 Å². The molecule has 3 aliphatic heterocycles. The SMILES string of the molecule is O=C([C@@H]1CCCO1)N1CCC2(CC1)CNc1ccccc12. The van der Waals surface area contributed by atoms with Gasteiger partial charge in [0.05, 0.1) is 0 Å². The molecule has 1 atom stereocenters. The fourth-order valence-electron chi connectivity index (χ4n) is 4.04. The van der Waals surface area contributed by atoms with E-state index in [4.69, 9.17) is 4.74 Å². The van der Waals surface area contributed by atoms with Crippen LogP contribution < -0.4 is 5.32 Å². The van der Waals surface area contributed by atoms with Crippen LogP contribution in [0.3, 0.4) is 0 Å². The highest BCUT2D eigenvalue weighted by atomic mass is 16.5. The van der Waals surface area contributed by atoms with Crippen LogP contribution >= 0.6 is 0 Å². The first-order chi connectivity index (χ1) is 10.3. The van der Waals surface area contributed by atoms with Crippen LogP contribution in [0, 0.1) is 0 Å². The van der Waals surface area contributed by atoms with Crippen LogP contribution in [0.2, 0.25) is 0 Å². The normalized spacial score (nSPS) is 26.7. The largest absolute Gasteiger partial charge is 0.384 e. The van der Waals surface area contributed by atoms with Crippen molar-refractivity contribution in [3.8, 4) is 0 Å². The monoisotopic (exact) mass is 286 g/mol. The summed E-state index contributed by atoms with van der Waals surface area (Å²) in [6.07, 6.45) is 3.84. The smallest absolute Gasteiger partial charge is 0.251 e. The molecule has 1 amide bonds. The van der Waals surface area contributed by atoms with E-state index in [0.717, 1.165) is 51.9 Å². The van der Waals surface area contributed by atoms with Gasteiger partial charge in [-0.25, -0.2) is 0 Å². The van der Waals surface area contributed by atoms with Crippen molar-refractivity contribution in [3.05, 3.63) is 29.8 Å². The molecule has 0 aliphatic carbocycles. The van der Waals surface area contributed by atoms with Crippen LogP contribution in [0.15, 0.2) is 24.3 Å². The molecule has 4 nitrogen and oxygen atoms in total. The van der Waals surface area contributed by atoms with Crippen LogP contribution in [-0.4, -0.2) is 43.2 Å². The zero-order chi connectivity index (χ0) is 14.3. The molecule has 0 saturated carbocycles. The number of carbonyl (C=O) groups excluding carboxylic acids is 1. The van der Waals surface area contributed by atoms with Crippen molar-refractivity contribution in [1.29, 1.82) is 0 Å². The second-order valence-corrected chi connectivity index (χ2v) is 6.51. The average molecular weight is 286 g/mol. The number of benzene rings is 1. The lowest BCUT2D eigenvalue weighted by molar-refractivity contribution is -0.142. The summed E-state index contributed by atoms with van der Waals surface area (Å²) in [5, 5.41) is 3.53. The van der Waals surface area contributed by atoms with Gasteiger partial charge in [-0.05, 0) is 37.3 Å². The molecular formula is C17H22N2O2. The summed E-state index contributed by atoms with van der Waals surface area (Å²) in [5.74, 6) is 0.210. The molecule has 3 heterocycles. The van der Waals surface area contributed by atoms with Gasteiger partial charge in [0.2, 0.25) is 0 Å². The standard InChI is InChI=1S/C17H22N2O2/c20-16(15-6-3-11-21-15)19-9-7-17(8-10-19)12-18-14-5-2-1-4-13(14)17/h1-2,4-5,15,18H,3,6-12H2/t15-/m0/s1. The van der Waals surface area contributed by atoms with Crippen molar-refractivity contribution in [3.63, 3.8) is 0 Å². The maximum Gasteiger partial charge on any atom is 0.251 e. The topological polar surface area (TPSA) is 41.6 Å². The van der Waals surface area contributed by atoms with Gasteiger partial charge in [-0.15, -0.1) is 0 Å². The van der Waals surface area contributed by atoms with Gasteiger partial charge in [0.15, 0.2) is 0 Å². The number of piperidine rings is 1. The minimum atomic E-state index is -0.173. The first kappa shape index (κ1) is 13.1. The average Bonchev–Trinajstić information content (AvgIpc) is 3.17. The Bertz CT molecular complexity index is 543. The molecule has 4 heteroatoms. The second kappa shape index (κ2) is 5.02. The summed E-state index contributed by atoms with van der Waals surface area (Å²) in [6.45, 7) is 3.46. The second-order valence-electron chi connectivity index (χ2n) is 6.51. The van der Waals surface area contributed by atoms with Crippen molar-refractivity contribution in [1.82, 2.24) is 4.90 Å². The quantitative estimate of drug-likeness (QED) is 0.860. The summed E-state index contributed by atoms with van der Waals surface area (Å²) in [4.78, 5) is 14.5. The number of ether oxygens (including phenoxy) is 1. The molecule has 0 bridgehead atoms. The molecule has 1 N–H and O–H groups in total. The Labute approximate surface area is 125 Å². The lowest BCUT2D eigenvalue weighted by atomic mass is 9.74. The summed E-state index contributed by atoms with van der Waals surface area (Å²) in [6, 6.07) is 8.61. The van der Waals surface area contributed by atoms with E-state index >= 15 is 0 Å². The number of nitrogens with zero attached hydrogens (tertiary/aromatic N) is 1. The molecule has 112 valence electrons. The van der Waals surface area contributed by atoms with Crippen molar-refractivity contribution < 1.29 is 9.53 Å². The molecule has 1 spiro atoms. The predicted molar refractivity (Wildman–Crippen MR) is 81.4 cm³/mol. The molecule has 0 radical (unpaired) electrons. The minimum absolute atomic E-state index is 0.173. The fourth-order valence-corrected chi connectivity index (χ4v) is 4.04. The third kappa shape index (κ3) is 2.13. The highest BCUT2D eigenvalue weighted by molar-refractivity contribution is 5.81. The zero-order valence-electron chi connectivity index (χ0n) is 12.3. The molecular weight excluding hydrogens is 264 g/mol. The van der Waals surface area contributed by atoms with Crippen molar-refractivity contribution >= 4 is 11.6 Å². The van der Waals surface area contributed by atoms with Crippen LogP contribution in [-0.2, 0) is 14.9 Å². The molecule has 21 heavy (non-hydrogen) atoms. The number of para-hydroxylation sites is 1. The van der Waals surface area contributed by atoms with Gasteiger partial charge in [-0.2, -0.15) is 0 Å². The van der Waals surface area contributed by atoms with Gasteiger partial charge < -0.3 is 15.0 Å². The van der Waals surface area contributed by atoms with Gasteiger partial charge in [-0.3, -0.25) is 4.79 Å². The number of anilines is 1. The van der Waals surface area contributed by atoms with E-state index in [1.165, 1.54) is 11.3 Å². The number of amides is 1. The Morgan fingerprint density at radius 3 is 2.86 bits per heavy atom.